The Balaban J connectivity index is 1.64. The SMILES string of the molecule is Cc1c(C(=O)OCC(=O)Nc2ccc(F)c(F)c2)oc2ccccc12. The fraction of sp³-hybridized carbons (Fsp3) is 0.111. The zero-order valence-corrected chi connectivity index (χ0v) is 13.1. The van der Waals surface area contributed by atoms with Crippen molar-refractivity contribution in [1.29, 1.82) is 0 Å². The number of benzene rings is 2. The number of furan rings is 1. The van der Waals surface area contributed by atoms with Crippen LogP contribution < -0.4 is 5.32 Å². The summed E-state index contributed by atoms with van der Waals surface area (Å²) < 4.78 is 36.3. The average Bonchev–Trinajstić information content (AvgIpc) is 2.93. The van der Waals surface area contributed by atoms with Crippen LogP contribution in [0.4, 0.5) is 14.5 Å². The van der Waals surface area contributed by atoms with Crippen LogP contribution in [0.1, 0.15) is 16.1 Å². The Bertz CT molecular complexity index is 965. The predicted octanol–water partition coefficient (Wildman–Crippen LogP) is 3.81. The number of esters is 1. The van der Waals surface area contributed by atoms with E-state index in [1.807, 2.05) is 6.07 Å². The van der Waals surface area contributed by atoms with Crippen LogP contribution in [-0.2, 0) is 9.53 Å². The largest absolute Gasteiger partial charge is 0.450 e. The summed E-state index contributed by atoms with van der Waals surface area (Å²) in [7, 11) is 0. The molecule has 7 heteroatoms. The van der Waals surface area contributed by atoms with Crippen LogP contribution in [-0.4, -0.2) is 18.5 Å². The molecule has 3 aromatic rings. The summed E-state index contributed by atoms with van der Waals surface area (Å²) in [5.41, 5.74) is 1.21. The van der Waals surface area contributed by atoms with E-state index >= 15 is 0 Å². The van der Waals surface area contributed by atoms with Crippen LogP contribution in [0.25, 0.3) is 11.0 Å². The zero-order chi connectivity index (χ0) is 18.0. The number of aryl methyl sites for hydroxylation is 1. The van der Waals surface area contributed by atoms with Crippen LogP contribution in [0, 0.1) is 18.6 Å². The number of carbonyl (C=O) groups is 2. The molecule has 5 nitrogen and oxygen atoms in total. The van der Waals surface area contributed by atoms with Crippen molar-refractivity contribution < 1.29 is 27.5 Å². The maximum Gasteiger partial charge on any atom is 0.375 e. The van der Waals surface area contributed by atoms with Crippen molar-refractivity contribution >= 4 is 28.5 Å². The Morgan fingerprint density at radius 1 is 1.12 bits per heavy atom. The smallest absolute Gasteiger partial charge is 0.375 e. The lowest BCUT2D eigenvalue weighted by Gasteiger charge is -2.06. The lowest BCUT2D eigenvalue weighted by molar-refractivity contribution is -0.119. The van der Waals surface area contributed by atoms with E-state index in [4.69, 9.17) is 9.15 Å². The number of anilines is 1. The van der Waals surface area contributed by atoms with Crippen LogP contribution in [0.15, 0.2) is 46.9 Å². The van der Waals surface area contributed by atoms with Crippen molar-refractivity contribution in [2.75, 3.05) is 11.9 Å². The van der Waals surface area contributed by atoms with Crippen molar-refractivity contribution in [3.05, 3.63) is 65.4 Å². The third-order valence-corrected chi connectivity index (χ3v) is 3.57. The van der Waals surface area contributed by atoms with Crippen LogP contribution in [0.2, 0.25) is 0 Å². The van der Waals surface area contributed by atoms with Crippen LogP contribution >= 0.6 is 0 Å². The lowest BCUT2D eigenvalue weighted by Crippen LogP contribution is -2.21. The van der Waals surface area contributed by atoms with Crippen molar-refractivity contribution in [2.45, 2.75) is 6.92 Å². The Hall–Kier alpha value is -3.22. The monoisotopic (exact) mass is 345 g/mol. The first-order valence-corrected chi connectivity index (χ1v) is 7.36. The van der Waals surface area contributed by atoms with Gasteiger partial charge in [-0.15, -0.1) is 0 Å². The highest BCUT2D eigenvalue weighted by molar-refractivity contribution is 5.98. The molecule has 1 amide bonds. The summed E-state index contributed by atoms with van der Waals surface area (Å²) >= 11 is 0. The molecule has 0 radical (unpaired) electrons. The van der Waals surface area contributed by atoms with E-state index in [9.17, 15) is 18.4 Å². The van der Waals surface area contributed by atoms with Gasteiger partial charge in [-0.05, 0) is 25.1 Å². The summed E-state index contributed by atoms with van der Waals surface area (Å²) in [6.07, 6.45) is 0. The van der Waals surface area contributed by atoms with E-state index in [1.54, 1.807) is 25.1 Å². The van der Waals surface area contributed by atoms with Gasteiger partial charge in [0, 0.05) is 22.7 Å². The van der Waals surface area contributed by atoms with E-state index in [-0.39, 0.29) is 11.4 Å². The van der Waals surface area contributed by atoms with E-state index in [1.165, 1.54) is 6.07 Å². The van der Waals surface area contributed by atoms with Gasteiger partial charge in [0.2, 0.25) is 5.76 Å². The third kappa shape index (κ3) is 3.50. The highest BCUT2D eigenvalue weighted by Crippen LogP contribution is 2.25. The Kier molecular flexibility index (Phi) is 4.47. The molecule has 0 saturated heterocycles. The molecule has 3 rings (SSSR count). The molecular formula is C18H13F2NO4. The minimum absolute atomic E-state index is 0.0156. The molecule has 0 unspecified atom stereocenters. The summed E-state index contributed by atoms with van der Waals surface area (Å²) in [6, 6.07) is 10.0. The number of halogens is 2. The number of hydrogen-bond acceptors (Lipinski definition) is 4. The molecule has 25 heavy (non-hydrogen) atoms. The van der Waals surface area contributed by atoms with Gasteiger partial charge < -0.3 is 14.5 Å². The molecule has 0 aliphatic heterocycles. The Morgan fingerprint density at radius 2 is 1.88 bits per heavy atom. The molecule has 1 N–H and O–H groups in total. The molecule has 0 saturated carbocycles. The number of para-hydroxylation sites is 1. The molecule has 0 aliphatic carbocycles. The minimum atomic E-state index is -1.09. The second-order valence-corrected chi connectivity index (χ2v) is 5.31. The predicted molar refractivity (Wildman–Crippen MR) is 86.2 cm³/mol. The molecule has 0 spiro atoms. The minimum Gasteiger partial charge on any atom is -0.450 e. The maximum atomic E-state index is 13.1. The summed E-state index contributed by atoms with van der Waals surface area (Å²) in [5.74, 6) is -3.57. The van der Waals surface area contributed by atoms with Gasteiger partial charge in [-0.2, -0.15) is 0 Å². The van der Waals surface area contributed by atoms with Gasteiger partial charge in [-0.3, -0.25) is 4.79 Å². The quantitative estimate of drug-likeness (QED) is 0.730. The van der Waals surface area contributed by atoms with Gasteiger partial charge in [0.15, 0.2) is 18.2 Å². The van der Waals surface area contributed by atoms with Crippen molar-refractivity contribution in [1.82, 2.24) is 0 Å². The maximum absolute atomic E-state index is 13.1. The van der Waals surface area contributed by atoms with Crippen molar-refractivity contribution in [3.8, 4) is 0 Å². The Morgan fingerprint density at radius 3 is 2.60 bits per heavy atom. The molecule has 128 valence electrons. The number of amides is 1. The number of carbonyl (C=O) groups excluding carboxylic acids is 2. The highest BCUT2D eigenvalue weighted by atomic mass is 19.2. The summed E-state index contributed by atoms with van der Waals surface area (Å²) in [5, 5.41) is 3.08. The lowest BCUT2D eigenvalue weighted by atomic mass is 10.1. The zero-order valence-electron chi connectivity index (χ0n) is 13.1. The molecule has 0 aliphatic rings. The second-order valence-electron chi connectivity index (χ2n) is 5.31. The standard InChI is InChI=1S/C18H13F2NO4/c1-10-12-4-2-3-5-15(12)25-17(10)18(23)24-9-16(22)21-11-6-7-13(19)14(20)8-11/h2-8H,9H2,1H3,(H,21,22). The van der Waals surface area contributed by atoms with E-state index in [0.29, 0.717) is 11.1 Å². The van der Waals surface area contributed by atoms with Crippen molar-refractivity contribution in [3.63, 3.8) is 0 Å². The third-order valence-electron chi connectivity index (χ3n) is 3.57. The second kappa shape index (κ2) is 6.72. The molecule has 1 aromatic heterocycles. The molecule has 2 aromatic carbocycles. The summed E-state index contributed by atoms with van der Waals surface area (Å²) in [4.78, 5) is 23.9. The molecule has 0 bridgehead atoms. The van der Waals surface area contributed by atoms with Crippen LogP contribution in [0.3, 0.4) is 0 Å². The van der Waals surface area contributed by atoms with E-state index in [2.05, 4.69) is 5.32 Å². The van der Waals surface area contributed by atoms with Crippen LogP contribution in [0.5, 0.6) is 0 Å². The number of hydrogen-bond donors (Lipinski definition) is 1. The number of nitrogens with one attached hydrogen (secondary N) is 1. The van der Waals surface area contributed by atoms with Gasteiger partial charge in [0.25, 0.3) is 5.91 Å². The molecule has 1 heterocycles. The molecule has 0 fully saturated rings. The van der Waals surface area contributed by atoms with E-state index < -0.39 is 30.1 Å². The fourth-order valence-corrected chi connectivity index (χ4v) is 2.34. The number of ether oxygens (including phenoxy) is 1. The Labute approximate surface area is 141 Å². The topological polar surface area (TPSA) is 68.5 Å². The highest BCUT2D eigenvalue weighted by Gasteiger charge is 2.19. The van der Waals surface area contributed by atoms with Gasteiger partial charge in [-0.25, -0.2) is 13.6 Å². The molecule has 0 atom stereocenters. The fourth-order valence-electron chi connectivity index (χ4n) is 2.34. The van der Waals surface area contributed by atoms with Gasteiger partial charge in [-0.1, -0.05) is 18.2 Å². The van der Waals surface area contributed by atoms with Gasteiger partial charge in [0.05, 0.1) is 0 Å². The first-order valence-electron chi connectivity index (χ1n) is 7.36. The summed E-state index contributed by atoms with van der Waals surface area (Å²) in [6.45, 7) is 1.12. The average molecular weight is 345 g/mol. The molecular weight excluding hydrogens is 332 g/mol. The van der Waals surface area contributed by atoms with Gasteiger partial charge >= 0.3 is 5.97 Å². The van der Waals surface area contributed by atoms with Crippen molar-refractivity contribution in [2.24, 2.45) is 0 Å². The number of rotatable bonds is 4. The van der Waals surface area contributed by atoms with E-state index in [0.717, 1.165) is 17.5 Å². The first kappa shape index (κ1) is 16.6. The first-order chi connectivity index (χ1) is 12.0. The van der Waals surface area contributed by atoms with Gasteiger partial charge in [0.1, 0.15) is 5.58 Å². The number of fused-ring (bicyclic) bond motifs is 1. The normalized spacial score (nSPS) is 10.7.